The van der Waals surface area contributed by atoms with Gasteiger partial charge in [-0.1, -0.05) is 0 Å². The van der Waals surface area contributed by atoms with Crippen LogP contribution in [-0.4, -0.2) is 58.3 Å². The number of ether oxygens (including phenoxy) is 1. The third-order valence-corrected chi connectivity index (χ3v) is 7.56. The molecule has 1 aromatic rings. The standard InChI is InChI=1S/C10H18FN4O13P3/c1-9(13)6(16)10(11,26-7(9)15-3-2-5(12)14-8(15)17)4-25-30(21,22)28-31(23,24)27-29(18,19)20/h2-3,6-7,16H,4,13H2,1H3,(H,21,22)(H,23,24)(H2,12,14,17)(H2,18,19,20)/t6-,7+,9+,10+/m0/s1. The molecule has 0 saturated carbocycles. The van der Waals surface area contributed by atoms with Crippen molar-refractivity contribution in [1.82, 2.24) is 9.55 Å². The fourth-order valence-electron chi connectivity index (χ4n) is 2.52. The Morgan fingerprint density at radius 3 is 2.35 bits per heavy atom. The highest BCUT2D eigenvalue weighted by atomic mass is 31.3. The van der Waals surface area contributed by atoms with E-state index in [9.17, 15) is 28.5 Å². The molecule has 1 saturated heterocycles. The second-order valence-corrected chi connectivity index (χ2v) is 10.9. The molecule has 1 aliphatic rings. The maximum atomic E-state index is 15.2. The van der Waals surface area contributed by atoms with Gasteiger partial charge in [-0.2, -0.15) is 13.6 Å². The first-order chi connectivity index (χ1) is 13.8. The normalized spacial score (nSPS) is 33.0. The van der Waals surface area contributed by atoms with E-state index >= 15 is 4.39 Å². The fourth-order valence-corrected chi connectivity index (χ4v) is 5.56. The molecule has 178 valence electrons. The van der Waals surface area contributed by atoms with Gasteiger partial charge in [0, 0.05) is 6.20 Å². The molecular weight excluding hydrogens is 496 g/mol. The summed E-state index contributed by atoms with van der Waals surface area (Å²) in [6.45, 7) is -0.588. The predicted octanol–water partition coefficient (Wildman–Crippen LogP) is -1.56. The molecule has 31 heavy (non-hydrogen) atoms. The minimum absolute atomic E-state index is 0.183. The number of nitrogens with two attached hydrogens (primary N) is 2. The summed E-state index contributed by atoms with van der Waals surface area (Å²) in [5, 5.41) is 10.2. The van der Waals surface area contributed by atoms with Crippen LogP contribution < -0.4 is 17.2 Å². The molecule has 2 rings (SSSR count). The Labute approximate surface area is 171 Å². The number of halogens is 1. The van der Waals surface area contributed by atoms with Crippen LogP contribution in [0.2, 0.25) is 0 Å². The van der Waals surface area contributed by atoms with Crippen LogP contribution >= 0.6 is 23.5 Å². The van der Waals surface area contributed by atoms with Crippen LogP contribution in [0.5, 0.6) is 0 Å². The molecule has 1 aliphatic heterocycles. The van der Waals surface area contributed by atoms with E-state index in [2.05, 4.69) is 18.1 Å². The highest BCUT2D eigenvalue weighted by Crippen LogP contribution is 2.66. The van der Waals surface area contributed by atoms with Gasteiger partial charge in [0.25, 0.3) is 5.85 Å². The summed E-state index contributed by atoms with van der Waals surface area (Å²) in [6, 6.07) is 1.14. The van der Waals surface area contributed by atoms with Gasteiger partial charge >= 0.3 is 29.2 Å². The van der Waals surface area contributed by atoms with Crippen LogP contribution in [0.25, 0.3) is 0 Å². The van der Waals surface area contributed by atoms with E-state index in [0.717, 1.165) is 19.2 Å². The third kappa shape index (κ3) is 6.24. The van der Waals surface area contributed by atoms with E-state index in [4.69, 9.17) is 30.9 Å². The predicted molar refractivity (Wildman–Crippen MR) is 95.3 cm³/mol. The van der Waals surface area contributed by atoms with Crippen LogP contribution in [0.4, 0.5) is 10.2 Å². The van der Waals surface area contributed by atoms with Crippen molar-refractivity contribution >= 4 is 29.3 Å². The lowest BCUT2D eigenvalue weighted by Gasteiger charge is -2.29. The molecule has 2 unspecified atom stereocenters. The highest BCUT2D eigenvalue weighted by molar-refractivity contribution is 7.66. The van der Waals surface area contributed by atoms with Crippen molar-refractivity contribution in [1.29, 1.82) is 0 Å². The number of hydrogen-bond acceptors (Lipinski definition) is 12. The van der Waals surface area contributed by atoms with Gasteiger partial charge in [0.15, 0.2) is 6.23 Å². The SMILES string of the molecule is C[C@]1(N)[C@H](n2ccc(N)nc2=O)O[C@](F)(COP(=O)(O)OP(=O)(O)OP(=O)(O)O)[C@H]1O. The lowest BCUT2D eigenvalue weighted by Crippen LogP contribution is -2.55. The number of alkyl halides is 1. The molecule has 0 aliphatic carbocycles. The van der Waals surface area contributed by atoms with E-state index in [-0.39, 0.29) is 5.82 Å². The molecule has 21 heteroatoms. The monoisotopic (exact) mass is 514 g/mol. The zero-order valence-corrected chi connectivity index (χ0v) is 18.0. The van der Waals surface area contributed by atoms with Gasteiger partial charge in [0.2, 0.25) is 0 Å². The second-order valence-electron chi connectivity index (χ2n) is 6.43. The van der Waals surface area contributed by atoms with Crippen molar-refractivity contribution in [2.24, 2.45) is 5.73 Å². The molecule has 1 fully saturated rings. The summed E-state index contributed by atoms with van der Waals surface area (Å²) in [7, 11) is -17.2. The molecule has 17 nitrogen and oxygen atoms in total. The third-order valence-electron chi connectivity index (χ3n) is 3.78. The Hall–Kier alpha value is -1.10. The Bertz CT molecular complexity index is 1040. The van der Waals surface area contributed by atoms with Crippen molar-refractivity contribution in [3.8, 4) is 0 Å². The molecule has 0 radical (unpaired) electrons. The average Bonchev–Trinajstić information content (AvgIpc) is 2.71. The maximum absolute atomic E-state index is 15.2. The smallest absolute Gasteiger partial charge is 0.385 e. The largest absolute Gasteiger partial charge is 0.490 e. The topological polar surface area (TPSA) is 276 Å². The number of aromatic nitrogens is 2. The van der Waals surface area contributed by atoms with Crippen LogP contribution in [0, 0.1) is 0 Å². The zero-order chi connectivity index (χ0) is 24.0. The first-order valence-corrected chi connectivity index (χ1v) is 12.3. The summed E-state index contributed by atoms with van der Waals surface area (Å²) in [5.41, 5.74) is 8.11. The highest BCUT2D eigenvalue weighted by Gasteiger charge is 2.62. The zero-order valence-electron chi connectivity index (χ0n) is 15.3. The van der Waals surface area contributed by atoms with Gasteiger partial charge in [-0.25, -0.2) is 22.9 Å². The van der Waals surface area contributed by atoms with E-state index < -0.39 is 59.5 Å². The molecule has 0 aromatic carbocycles. The molecule has 1 aromatic heterocycles. The molecular formula is C10H18FN4O13P3. The molecule has 6 atom stereocenters. The van der Waals surface area contributed by atoms with Gasteiger partial charge in [0.05, 0.1) is 5.54 Å². The molecule has 9 N–H and O–H groups in total. The lowest BCUT2D eigenvalue weighted by atomic mass is 9.92. The van der Waals surface area contributed by atoms with Gasteiger partial charge in [-0.3, -0.25) is 9.09 Å². The number of phosphoric ester groups is 1. The number of aliphatic hydroxyl groups is 1. The van der Waals surface area contributed by atoms with Crippen LogP contribution in [0.3, 0.4) is 0 Å². The number of phosphoric acid groups is 3. The quantitative estimate of drug-likeness (QED) is 0.193. The van der Waals surface area contributed by atoms with Crippen molar-refractivity contribution in [2.45, 2.75) is 30.6 Å². The summed E-state index contributed by atoms with van der Waals surface area (Å²) in [6.07, 6.45) is -3.00. The van der Waals surface area contributed by atoms with Crippen molar-refractivity contribution < 1.29 is 60.6 Å². The first-order valence-electron chi connectivity index (χ1n) is 7.75. The first kappa shape index (κ1) is 26.2. The molecule has 2 heterocycles. The van der Waals surface area contributed by atoms with E-state index in [1.807, 2.05) is 0 Å². The summed E-state index contributed by atoms with van der Waals surface area (Å²) < 4.78 is 65.5. The Kier molecular flexibility index (Phi) is 7.05. The number of nitrogens with zero attached hydrogens (tertiary/aromatic N) is 2. The summed E-state index contributed by atoms with van der Waals surface area (Å²) >= 11 is 0. The number of nitrogen functional groups attached to an aromatic ring is 1. The number of rotatable bonds is 8. The summed E-state index contributed by atoms with van der Waals surface area (Å²) in [5.74, 6) is -3.56. The molecule has 0 bridgehead atoms. The maximum Gasteiger partial charge on any atom is 0.490 e. The van der Waals surface area contributed by atoms with Gasteiger partial charge in [-0.15, -0.1) is 0 Å². The second kappa shape index (κ2) is 8.35. The Morgan fingerprint density at radius 1 is 1.26 bits per heavy atom. The van der Waals surface area contributed by atoms with Crippen molar-refractivity contribution in [3.63, 3.8) is 0 Å². The number of hydrogen-bond donors (Lipinski definition) is 7. The molecule has 0 spiro atoms. The minimum Gasteiger partial charge on any atom is -0.385 e. The van der Waals surface area contributed by atoms with Gasteiger partial charge < -0.3 is 40.9 Å². The van der Waals surface area contributed by atoms with Crippen LogP contribution in [-0.2, 0) is 31.6 Å². The minimum atomic E-state index is -5.85. The van der Waals surface area contributed by atoms with Crippen LogP contribution in [0.1, 0.15) is 13.2 Å². The number of aliphatic hydroxyl groups excluding tert-OH is 1. The van der Waals surface area contributed by atoms with E-state index in [0.29, 0.717) is 4.57 Å². The van der Waals surface area contributed by atoms with E-state index in [1.165, 1.54) is 0 Å². The fraction of sp³-hybridized carbons (Fsp3) is 0.600. The lowest BCUT2D eigenvalue weighted by molar-refractivity contribution is -0.204. The Morgan fingerprint density at radius 2 is 1.84 bits per heavy atom. The van der Waals surface area contributed by atoms with Crippen molar-refractivity contribution in [2.75, 3.05) is 12.3 Å². The van der Waals surface area contributed by atoms with Crippen LogP contribution in [0.15, 0.2) is 17.1 Å². The van der Waals surface area contributed by atoms with Gasteiger partial charge in [0.1, 0.15) is 18.5 Å². The Balaban J connectivity index is 2.21. The molecule has 0 amide bonds. The number of anilines is 1. The van der Waals surface area contributed by atoms with Crippen molar-refractivity contribution in [3.05, 3.63) is 22.7 Å². The van der Waals surface area contributed by atoms with Gasteiger partial charge in [-0.05, 0) is 13.0 Å². The van der Waals surface area contributed by atoms with E-state index in [1.54, 1.807) is 0 Å². The summed E-state index contributed by atoms with van der Waals surface area (Å²) in [4.78, 5) is 50.8. The average molecular weight is 514 g/mol.